The minimum absolute atomic E-state index is 1.09. The maximum Gasteiger partial charge on any atom is -0.0305 e. The summed E-state index contributed by atoms with van der Waals surface area (Å²) in [6.45, 7) is 10.00. The highest BCUT2D eigenvalue weighted by Gasteiger charge is 1.91. The van der Waals surface area contributed by atoms with Crippen molar-refractivity contribution in [1.29, 1.82) is 0 Å². The molecule has 0 aromatic rings. The van der Waals surface area contributed by atoms with Gasteiger partial charge in [-0.3, -0.25) is 0 Å². The average Bonchev–Trinajstić information content (AvgIpc) is 1.99. The van der Waals surface area contributed by atoms with Gasteiger partial charge in [-0.2, -0.15) is 0 Å². The van der Waals surface area contributed by atoms with Crippen molar-refractivity contribution in [3.8, 4) is 0 Å². The van der Waals surface area contributed by atoms with Crippen molar-refractivity contribution in [3.05, 3.63) is 36.0 Å². The second kappa shape index (κ2) is 5.04. The van der Waals surface area contributed by atoms with E-state index in [4.69, 9.17) is 0 Å². The Morgan fingerprint density at radius 2 is 2.10 bits per heavy atom. The molecule has 0 saturated carbocycles. The van der Waals surface area contributed by atoms with E-state index in [2.05, 4.69) is 39.5 Å². The standard InChI is InChI=1S/C10H16/c1-5-8-10(7-3)9(4)6-2/h5-6,8H,1,7H2,2-4H3/b9-6-,10-8+. The Bertz CT molecular complexity index is 159. The quantitative estimate of drug-likeness (QED) is 0.521. The molecule has 0 N–H and O–H groups in total. The van der Waals surface area contributed by atoms with Crippen LogP contribution in [0.25, 0.3) is 0 Å². The molecule has 0 amide bonds. The zero-order chi connectivity index (χ0) is 7.98. The normalized spacial score (nSPS) is 13.5. The number of rotatable bonds is 3. The van der Waals surface area contributed by atoms with Gasteiger partial charge in [-0.15, -0.1) is 0 Å². The third-order valence-corrected chi connectivity index (χ3v) is 1.64. The van der Waals surface area contributed by atoms with Gasteiger partial charge in [0.15, 0.2) is 0 Å². The molecule has 0 atom stereocenters. The summed E-state index contributed by atoms with van der Waals surface area (Å²) in [6, 6.07) is 0. The summed E-state index contributed by atoms with van der Waals surface area (Å²) in [7, 11) is 0. The summed E-state index contributed by atoms with van der Waals surface area (Å²) < 4.78 is 0. The van der Waals surface area contributed by atoms with E-state index in [1.165, 1.54) is 11.1 Å². The SMILES string of the molecule is C=C/C=C(CC)/C(C)=C\C. The van der Waals surface area contributed by atoms with E-state index in [0.717, 1.165) is 6.42 Å². The Kier molecular flexibility index (Phi) is 4.65. The lowest BCUT2D eigenvalue weighted by molar-refractivity contribution is 1.10. The van der Waals surface area contributed by atoms with Crippen LogP contribution in [0.15, 0.2) is 36.0 Å². The van der Waals surface area contributed by atoms with Crippen LogP contribution >= 0.6 is 0 Å². The van der Waals surface area contributed by atoms with Gasteiger partial charge >= 0.3 is 0 Å². The zero-order valence-electron chi connectivity index (χ0n) is 7.15. The van der Waals surface area contributed by atoms with Gasteiger partial charge in [-0.05, 0) is 25.8 Å². The van der Waals surface area contributed by atoms with E-state index in [9.17, 15) is 0 Å². The maximum atomic E-state index is 3.66. The minimum Gasteiger partial charge on any atom is -0.0991 e. The molecule has 56 valence electrons. The van der Waals surface area contributed by atoms with Crippen molar-refractivity contribution in [2.75, 3.05) is 0 Å². The lowest BCUT2D eigenvalue weighted by Crippen LogP contribution is -1.81. The predicted molar refractivity (Wildman–Crippen MR) is 48.0 cm³/mol. The highest BCUT2D eigenvalue weighted by molar-refractivity contribution is 5.30. The molecule has 0 aromatic heterocycles. The molecule has 0 heteroatoms. The monoisotopic (exact) mass is 136 g/mol. The van der Waals surface area contributed by atoms with Gasteiger partial charge in [0.2, 0.25) is 0 Å². The number of hydrogen-bond donors (Lipinski definition) is 0. The van der Waals surface area contributed by atoms with E-state index in [0.29, 0.717) is 0 Å². The highest BCUT2D eigenvalue weighted by Crippen LogP contribution is 2.12. The van der Waals surface area contributed by atoms with E-state index in [1.54, 1.807) is 0 Å². The third kappa shape index (κ3) is 2.67. The Hall–Kier alpha value is -0.780. The van der Waals surface area contributed by atoms with Crippen molar-refractivity contribution in [3.63, 3.8) is 0 Å². The highest BCUT2D eigenvalue weighted by atomic mass is 14.0. The lowest BCUT2D eigenvalue weighted by Gasteiger charge is -2.01. The summed E-state index contributed by atoms with van der Waals surface area (Å²) in [5.41, 5.74) is 2.72. The summed E-state index contributed by atoms with van der Waals surface area (Å²) in [6.07, 6.45) is 7.11. The second-order valence-corrected chi connectivity index (χ2v) is 2.25. The van der Waals surface area contributed by atoms with Crippen molar-refractivity contribution in [2.45, 2.75) is 27.2 Å². The number of hydrogen-bond acceptors (Lipinski definition) is 0. The smallest absolute Gasteiger partial charge is 0.0305 e. The first-order valence-corrected chi connectivity index (χ1v) is 3.71. The molecular weight excluding hydrogens is 120 g/mol. The molecular formula is C10H16. The molecule has 0 rings (SSSR count). The van der Waals surface area contributed by atoms with Crippen LogP contribution in [-0.2, 0) is 0 Å². The van der Waals surface area contributed by atoms with Crippen molar-refractivity contribution >= 4 is 0 Å². The molecule has 0 heterocycles. The third-order valence-electron chi connectivity index (χ3n) is 1.64. The largest absolute Gasteiger partial charge is 0.0991 e. The first-order valence-electron chi connectivity index (χ1n) is 3.71. The van der Waals surface area contributed by atoms with Crippen LogP contribution in [0, 0.1) is 0 Å². The Labute approximate surface area is 64.0 Å². The Balaban J connectivity index is 4.35. The van der Waals surface area contributed by atoms with Crippen LogP contribution in [0.2, 0.25) is 0 Å². The van der Waals surface area contributed by atoms with E-state index in [-0.39, 0.29) is 0 Å². The molecule has 0 fully saturated rings. The molecule has 0 radical (unpaired) electrons. The first kappa shape index (κ1) is 9.22. The van der Waals surface area contributed by atoms with Gasteiger partial charge in [0, 0.05) is 0 Å². The van der Waals surface area contributed by atoms with Crippen molar-refractivity contribution in [1.82, 2.24) is 0 Å². The average molecular weight is 136 g/mol. The van der Waals surface area contributed by atoms with Gasteiger partial charge < -0.3 is 0 Å². The number of allylic oxidation sites excluding steroid dienone is 5. The van der Waals surface area contributed by atoms with Crippen LogP contribution in [0.3, 0.4) is 0 Å². The molecule has 0 aliphatic carbocycles. The van der Waals surface area contributed by atoms with Gasteiger partial charge in [-0.1, -0.05) is 37.3 Å². The van der Waals surface area contributed by atoms with Crippen LogP contribution in [0.5, 0.6) is 0 Å². The zero-order valence-corrected chi connectivity index (χ0v) is 7.15. The van der Waals surface area contributed by atoms with Crippen LogP contribution in [0.1, 0.15) is 27.2 Å². The molecule has 0 aromatic carbocycles. The molecule has 0 aliphatic heterocycles. The van der Waals surface area contributed by atoms with Crippen LogP contribution in [0.4, 0.5) is 0 Å². The molecule has 0 spiro atoms. The summed E-state index contributed by atoms with van der Waals surface area (Å²) in [5, 5.41) is 0. The Morgan fingerprint density at radius 1 is 1.50 bits per heavy atom. The minimum atomic E-state index is 1.09. The molecule has 0 nitrogen and oxygen atoms in total. The van der Waals surface area contributed by atoms with E-state index < -0.39 is 0 Å². The van der Waals surface area contributed by atoms with E-state index in [1.807, 2.05) is 6.08 Å². The molecule has 0 unspecified atom stereocenters. The fourth-order valence-electron chi connectivity index (χ4n) is 0.856. The van der Waals surface area contributed by atoms with Gasteiger partial charge in [0.1, 0.15) is 0 Å². The van der Waals surface area contributed by atoms with Crippen LogP contribution < -0.4 is 0 Å². The topological polar surface area (TPSA) is 0 Å². The fourth-order valence-corrected chi connectivity index (χ4v) is 0.856. The lowest BCUT2D eigenvalue weighted by atomic mass is 10.1. The van der Waals surface area contributed by atoms with Gasteiger partial charge in [0.25, 0.3) is 0 Å². The fraction of sp³-hybridized carbons (Fsp3) is 0.400. The molecule has 10 heavy (non-hydrogen) atoms. The van der Waals surface area contributed by atoms with Gasteiger partial charge in [0.05, 0.1) is 0 Å². The predicted octanol–water partition coefficient (Wildman–Crippen LogP) is 3.48. The molecule has 0 saturated heterocycles. The molecule has 0 bridgehead atoms. The molecule has 0 aliphatic rings. The summed E-state index contributed by atoms with van der Waals surface area (Å²) >= 11 is 0. The van der Waals surface area contributed by atoms with Gasteiger partial charge in [-0.25, -0.2) is 0 Å². The van der Waals surface area contributed by atoms with E-state index >= 15 is 0 Å². The summed E-state index contributed by atoms with van der Waals surface area (Å²) in [4.78, 5) is 0. The second-order valence-electron chi connectivity index (χ2n) is 2.25. The Morgan fingerprint density at radius 3 is 2.40 bits per heavy atom. The van der Waals surface area contributed by atoms with Crippen molar-refractivity contribution < 1.29 is 0 Å². The van der Waals surface area contributed by atoms with Crippen molar-refractivity contribution in [2.24, 2.45) is 0 Å². The first-order chi connectivity index (χ1) is 4.76. The maximum absolute atomic E-state index is 3.66. The summed E-state index contributed by atoms with van der Waals surface area (Å²) in [5.74, 6) is 0. The van der Waals surface area contributed by atoms with Crippen LogP contribution in [-0.4, -0.2) is 0 Å².